The molecule has 1 atom stereocenters. The Morgan fingerprint density at radius 3 is 2.66 bits per heavy atom. The molecule has 2 N–H and O–H groups in total. The van der Waals surface area contributed by atoms with Crippen LogP contribution in [-0.2, 0) is 9.59 Å². The minimum Gasteiger partial charge on any atom is -0.355 e. The number of aromatic nitrogens is 2. The number of amides is 2. The van der Waals surface area contributed by atoms with Crippen LogP contribution in [0.1, 0.15) is 43.0 Å². The highest BCUT2D eigenvalue weighted by molar-refractivity contribution is 5.98. The number of Topliss-reactive ketones (excluding diaryl/α,β-unsaturated/α-hetero) is 1. The maximum atomic E-state index is 12.6. The summed E-state index contributed by atoms with van der Waals surface area (Å²) in [5.41, 5.74) is 3.10. The molecule has 3 aromatic rings. The van der Waals surface area contributed by atoms with Crippen LogP contribution in [0.4, 0.5) is 5.82 Å². The molecule has 2 amide bonds. The summed E-state index contributed by atoms with van der Waals surface area (Å²) < 4.78 is 1.75. The van der Waals surface area contributed by atoms with Crippen LogP contribution < -0.4 is 10.6 Å². The van der Waals surface area contributed by atoms with Crippen molar-refractivity contribution in [1.82, 2.24) is 15.1 Å². The van der Waals surface area contributed by atoms with E-state index >= 15 is 0 Å². The van der Waals surface area contributed by atoms with Crippen LogP contribution in [0, 0.1) is 5.92 Å². The number of benzene rings is 2. The number of para-hydroxylation sites is 1. The van der Waals surface area contributed by atoms with Gasteiger partial charge in [0.2, 0.25) is 11.8 Å². The monoisotopic (exact) mass is 430 g/mol. The number of carbonyl (C=O) groups is 3. The van der Waals surface area contributed by atoms with Gasteiger partial charge in [-0.25, -0.2) is 4.68 Å². The summed E-state index contributed by atoms with van der Waals surface area (Å²) in [6.07, 6.45) is 2.53. The van der Waals surface area contributed by atoms with Gasteiger partial charge in [-0.15, -0.1) is 5.10 Å². The number of ketones is 1. The lowest BCUT2D eigenvalue weighted by atomic mass is 10.0. The summed E-state index contributed by atoms with van der Waals surface area (Å²) in [5, 5.41) is 10.1. The standard InChI is InChI=1S/C25H26N4O3/c1-2-3-12-22(30)18-9-7-8-17(13-18)21-15-23(27-25(32)19-14-24(31)26-16-19)28-29(21)20-10-5-4-6-11-20/h4-11,13,15,19H,2-3,12,14,16H2,1H3,(H,26,31)(H,27,28,32)/t19-/m0/s1. The van der Waals surface area contributed by atoms with Gasteiger partial charge in [0.25, 0.3) is 0 Å². The number of carbonyl (C=O) groups excluding carboxylic acids is 3. The number of unbranched alkanes of at least 4 members (excludes halogenated alkanes) is 1. The molecule has 32 heavy (non-hydrogen) atoms. The maximum Gasteiger partial charge on any atom is 0.230 e. The predicted octanol–water partition coefficient (Wildman–Crippen LogP) is 3.99. The molecule has 1 fully saturated rings. The zero-order chi connectivity index (χ0) is 22.5. The molecule has 7 nitrogen and oxygen atoms in total. The van der Waals surface area contributed by atoms with Crippen molar-refractivity contribution in [3.63, 3.8) is 0 Å². The fourth-order valence-corrected chi connectivity index (χ4v) is 3.77. The van der Waals surface area contributed by atoms with Crippen LogP contribution in [0.5, 0.6) is 0 Å². The van der Waals surface area contributed by atoms with E-state index in [4.69, 9.17) is 0 Å². The highest BCUT2D eigenvalue weighted by Gasteiger charge is 2.28. The van der Waals surface area contributed by atoms with E-state index in [1.54, 1.807) is 10.7 Å². The highest BCUT2D eigenvalue weighted by atomic mass is 16.2. The van der Waals surface area contributed by atoms with Crippen LogP contribution in [0.3, 0.4) is 0 Å². The van der Waals surface area contributed by atoms with Crippen molar-refractivity contribution >= 4 is 23.4 Å². The van der Waals surface area contributed by atoms with Crippen LogP contribution in [0.2, 0.25) is 0 Å². The molecule has 2 heterocycles. The lowest BCUT2D eigenvalue weighted by molar-refractivity contribution is -0.123. The Morgan fingerprint density at radius 1 is 1.12 bits per heavy atom. The fraction of sp³-hybridized carbons (Fsp3) is 0.280. The number of rotatable bonds is 8. The van der Waals surface area contributed by atoms with Crippen molar-refractivity contribution in [3.8, 4) is 16.9 Å². The average Bonchev–Trinajstić information content (AvgIpc) is 3.44. The second kappa shape index (κ2) is 9.60. The van der Waals surface area contributed by atoms with E-state index in [0.29, 0.717) is 24.3 Å². The lowest BCUT2D eigenvalue weighted by Gasteiger charge is -2.09. The van der Waals surface area contributed by atoms with E-state index in [9.17, 15) is 14.4 Å². The summed E-state index contributed by atoms with van der Waals surface area (Å²) in [5.74, 6) is -0.254. The topological polar surface area (TPSA) is 93.1 Å². The molecule has 164 valence electrons. The molecule has 1 aliphatic heterocycles. The quantitative estimate of drug-likeness (QED) is 0.529. The van der Waals surface area contributed by atoms with E-state index < -0.39 is 5.92 Å². The molecule has 7 heteroatoms. The third-order valence-corrected chi connectivity index (χ3v) is 5.55. The van der Waals surface area contributed by atoms with Gasteiger partial charge in [0.15, 0.2) is 11.6 Å². The first-order valence-corrected chi connectivity index (χ1v) is 10.9. The molecule has 0 spiro atoms. The highest BCUT2D eigenvalue weighted by Crippen LogP contribution is 2.28. The second-order valence-electron chi connectivity index (χ2n) is 7.96. The third kappa shape index (κ3) is 4.77. The van der Waals surface area contributed by atoms with Gasteiger partial charge < -0.3 is 10.6 Å². The van der Waals surface area contributed by atoms with E-state index in [1.165, 1.54) is 0 Å². The molecule has 1 saturated heterocycles. The van der Waals surface area contributed by atoms with Crippen LogP contribution in [-0.4, -0.2) is 33.9 Å². The lowest BCUT2D eigenvalue weighted by Crippen LogP contribution is -2.24. The van der Waals surface area contributed by atoms with Gasteiger partial charge in [0.1, 0.15) is 0 Å². The SMILES string of the molecule is CCCCC(=O)c1cccc(-c2cc(NC(=O)[C@@H]3CNC(=O)C3)nn2-c2ccccc2)c1. The number of hydrogen-bond donors (Lipinski definition) is 2. The molecule has 1 aromatic heterocycles. The van der Waals surface area contributed by atoms with Crippen molar-refractivity contribution in [2.45, 2.75) is 32.6 Å². The zero-order valence-electron chi connectivity index (χ0n) is 18.0. The Bertz CT molecular complexity index is 1140. The molecule has 0 unspecified atom stereocenters. The van der Waals surface area contributed by atoms with Crippen molar-refractivity contribution in [3.05, 3.63) is 66.2 Å². The molecule has 4 rings (SSSR count). The Kier molecular flexibility index (Phi) is 6.44. The van der Waals surface area contributed by atoms with Gasteiger partial charge in [0.05, 0.1) is 17.3 Å². The first-order valence-electron chi connectivity index (χ1n) is 10.9. The Balaban J connectivity index is 1.67. The van der Waals surface area contributed by atoms with E-state index in [-0.39, 0.29) is 24.0 Å². The van der Waals surface area contributed by atoms with Gasteiger partial charge >= 0.3 is 0 Å². The molecule has 0 bridgehead atoms. The van der Waals surface area contributed by atoms with Gasteiger partial charge in [-0.3, -0.25) is 14.4 Å². The number of hydrogen-bond acceptors (Lipinski definition) is 4. The molecule has 0 aliphatic carbocycles. The summed E-state index contributed by atoms with van der Waals surface area (Å²) >= 11 is 0. The third-order valence-electron chi connectivity index (χ3n) is 5.55. The number of nitrogens with zero attached hydrogens (tertiary/aromatic N) is 2. The molecule has 0 radical (unpaired) electrons. The Labute approximate surface area is 186 Å². The summed E-state index contributed by atoms with van der Waals surface area (Å²) in [6.45, 7) is 2.40. The van der Waals surface area contributed by atoms with E-state index in [2.05, 4.69) is 22.7 Å². The zero-order valence-corrected chi connectivity index (χ0v) is 18.0. The molecule has 1 aliphatic rings. The number of anilines is 1. The summed E-state index contributed by atoms with van der Waals surface area (Å²) in [7, 11) is 0. The second-order valence-corrected chi connectivity index (χ2v) is 7.96. The smallest absolute Gasteiger partial charge is 0.230 e. The minimum atomic E-state index is -0.410. The Morgan fingerprint density at radius 2 is 1.94 bits per heavy atom. The van der Waals surface area contributed by atoms with Crippen LogP contribution in [0.15, 0.2) is 60.7 Å². The molecule has 2 aromatic carbocycles. The predicted molar refractivity (Wildman–Crippen MR) is 123 cm³/mol. The summed E-state index contributed by atoms with van der Waals surface area (Å²) in [4.78, 5) is 36.6. The Hall–Kier alpha value is -3.74. The molecule has 0 saturated carbocycles. The van der Waals surface area contributed by atoms with E-state index in [0.717, 1.165) is 29.8 Å². The first-order chi connectivity index (χ1) is 15.5. The van der Waals surface area contributed by atoms with Gasteiger partial charge in [-0.05, 0) is 24.6 Å². The number of nitrogens with one attached hydrogen (secondary N) is 2. The first kappa shape index (κ1) is 21.5. The molecular formula is C25H26N4O3. The normalized spacial score (nSPS) is 15.4. The van der Waals surface area contributed by atoms with Crippen LogP contribution >= 0.6 is 0 Å². The van der Waals surface area contributed by atoms with Gasteiger partial charge in [-0.1, -0.05) is 49.7 Å². The van der Waals surface area contributed by atoms with Crippen molar-refractivity contribution in [2.24, 2.45) is 5.92 Å². The largest absolute Gasteiger partial charge is 0.355 e. The summed E-state index contributed by atoms with van der Waals surface area (Å²) in [6, 6.07) is 18.9. The average molecular weight is 431 g/mol. The van der Waals surface area contributed by atoms with Gasteiger partial charge in [0, 0.05) is 36.6 Å². The van der Waals surface area contributed by atoms with E-state index in [1.807, 2.05) is 54.6 Å². The van der Waals surface area contributed by atoms with Crippen molar-refractivity contribution in [1.29, 1.82) is 0 Å². The fourth-order valence-electron chi connectivity index (χ4n) is 3.77. The van der Waals surface area contributed by atoms with Crippen LogP contribution in [0.25, 0.3) is 16.9 Å². The minimum absolute atomic E-state index is 0.117. The molecular weight excluding hydrogens is 404 g/mol. The van der Waals surface area contributed by atoms with Crippen molar-refractivity contribution < 1.29 is 14.4 Å². The maximum absolute atomic E-state index is 12.6. The van der Waals surface area contributed by atoms with Gasteiger partial charge in [-0.2, -0.15) is 0 Å². The van der Waals surface area contributed by atoms with Crippen molar-refractivity contribution in [2.75, 3.05) is 11.9 Å².